The largest absolute Gasteiger partial charge is 0.497 e. The first-order chi connectivity index (χ1) is 9.02. The van der Waals surface area contributed by atoms with Gasteiger partial charge in [0.2, 0.25) is 0 Å². The van der Waals surface area contributed by atoms with Crippen LogP contribution in [0, 0.1) is 5.82 Å². The van der Waals surface area contributed by atoms with Crippen molar-refractivity contribution in [1.29, 1.82) is 0 Å². The van der Waals surface area contributed by atoms with Gasteiger partial charge in [0.15, 0.2) is 0 Å². The summed E-state index contributed by atoms with van der Waals surface area (Å²) in [6.45, 7) is 0. The van der Waals surface area contributed by atoms with Crippen LogP contribution < -0.4 is 10.5 Å². The maximum Gasteiger partial charge on any atom is 0.132 e. The van der Waals surface area contributed by atoms with Crippen LogP contribution in [0.25, 0.3) is 0 Å². The second kappa shape index (κ2) is 5.78. The molecule has 19 heavy (non-hydrogen) atoms. The third-order valence-corrected chi connectivity index (χ3v) is 3.58. The van der Waals surface area contributed by atoms with Gasteiger partial charge < -0.3 is 10.5 Å². The van der Waals surface area contributed by atoms with Gasteiger partial charge in [-0.2, -0.15) is 0 Å². The predicted molar refractivity (Wildman–Crippen MR) is 75.4 cm³/mol. The molecule has 0 aliphatic heterocycles. The average Bonchev–Trinajstić information content (AvgIpc) is 2.41. The minimum absolute atomic E-state index is 0.374. The zero-order valence-electron chi connectivity index (χ0n) is 10.2. The Labute approximate surface area is 120 Å². The zero-order chi connectivity index (χ0) is 14.0. The van der Waals surface area contributed by atoms with Crippen LogP contribution >= 0.6 is 23.2 Å². The van der Waals surface area contributed by atoms with E-state index in [0.29, 0.717) is 26.9 Å². The fourth-order valence-corrected chi connectivity index (χ4v) is 2.08. The topological polar surface area (TPSA) is 35.2 Å². The lowest BCUT2D eigenvalue weighted by molar-refractivity contribution is 0.410. The molecule has 0 aromatic heterocycles. The van der Waals surface area contributed by atoms with Crippen LogP contribution in [-0.2, 0) is 0 Å². The number of halogens is 3. The van der Waals surface area contributed by atoms with Crippen LogP contribution in [0.3, 0.4) is 0 Å². The van der Waals surface area contributed by atoms with Crippen molar-refractivity contribution in [3.63, 3.8) is 0 Å². The van der Waals surface area contributed by atoms with Gasteiger partial charge in [-0.3, -0.25) is 0 Å². The van der Waals surface area contributed by atoms with Crippen LogP contribution in [0.1, 0.15) is 17.2 Å². The molecule has 0 fully saturated rings. The summed E-state index contributed by atoms with van der Waals surface area (Å²) in [6.07, 6.45) is 0. The minimum atomic E-state index is -0.610. The second-order valence-corrected chi connectivity index (χ2v) is 4.85. The Hall–Kier alpha value is -1.29. The summed E-state index contributed by atoms with van der Waals surface area (Å²) in [6, 6.07) is 8.95. The lowest BCUT2D eigenvalue weighted by Gasteiger charge is -2.15. The van der Waals surface area contributed by atoms with E-state index in [1.54, 1.807) is 30.3 Å². The highest BCUT2D eigenvalue weighted by molar-refractivity contribution is 6.42. The van der Waals surface area contributed by atoms with Gasteiger partial charge in [-0.25, -0.2) is 4.39 Å². The van der Waals surface area contributed by atoms with Gasteiger partial charge in [-0.1, -0.05) is 35.3 Å². The Morgan fingerprint density at radius 1 is 1.11 bits per heavy atom. The van der Waals surface area contributed by atoms with E-state index in [-0.39, 0.29) is 0 Å². The van der Waals surface area contributed by atoms with E-state index in [9.17, 15) is 4.39 Å². The van der Waals surface area contributed by atoms with Crippen LogP contribution in [0.4, 0.5) is 4.39 Å². The first-order valence-corrected chi connectivity index (χ1v) is 6.32. The molecule has 0 spiro atoms. The first kappa shape index (κ1) is 14.1. The van der Waals surface area contributed by atoms with Gasteiger partial charge in [-0.05, 0) is 23.8 Å². The SMILES string of the molecule is COc1ccc(C(N)c2ccc(Cl)c(Cl)c2)c(F)c1. The van der Waals surface area contributed by atoms with Gasteiger partial charge in [0.05, 0.1) is 23.2 Å². The molecule has 0 saturated carbocycles. The van der Waals surface area contributed by atoms with E-state index >= 15 is 0 Å². The fourth-order valence-electron chi connectivity index (χ4n) is 1.77. The summed E-state index contributed by atoms with van der Waals surface area (Å²) >= 11 is 11.8. The van der Waals surface area contributed by atoms with Crippen molar-refractivity contribution >= 4 is 23.2 Å². The molecule has 2 nitrogen and oxygen atoms in total. The normalized spacial score (nSPS) is 12.3. The van der Waals surface area contributed by atoms with Gasteiger partial charge in [0.1, 0.15) is 11.6 Å². The molecule has 2 N–H and O–H groups in total. The van der Waals surface area contributed by atoms with Crippen molar-refractivity contribution in [1.82, 2.24) is 0 Å². The minimum Gasteiger partial charge on any atom is -0.497 e. The van der Waals surface area contributed by atoms with Gasteiger partial charge in [-0.15, -0.1) is 0 Å². The standard InChI is InChI=1S/C14H12Cl2FNO/c1-19-9-3-4-10(13(17)7-9)14(18)8-2-5-11(15)12(16)6-8/h2-7,14H,18H2,1H3. The summed E-state index contributed by atoms with van der Waals surface area (Å²) in [5, 5.41) is 0.830. The Bertz CT molecular complexity index is 604. The Morgan fingerprint density at radius 3 is 2.42 bits per heavy atom. The lowest BCUT2D eigenvalue weighted by atomic mass is 9.99. The summed E-state index contributed by atoms with van der Waals surface area (Å²) < 4.78 is 18.9. The molecular weight excluding hydrogens is 288 g/mol. The smallest absolute Gasteiger partial charge is 0.132 e. The van der Waals surface area contributed by atoms with Crippen LogP contribution in [0.15, 0.2) is 36.4 Å². The number of nitrogens with two attached hydrogens (primary N) is 1. The summed E-state index contributed by atoms with van der Waals surface area (Å²) in [7, 11) is 1.48. The molecule has 1 unspecified atom stereocenters. The third kappa shape index (κ3) is 3.00. The van der Waals surface area contributed by atoms with E-state index in [2.05, 4.69) is 0 Å². The first-order valence-electron chi connectivity index (χ1n) is 5.57. The van der Waals surface area contributed by atoms with E-state index in [4.69, 9.17) is 33.7 Å². The molecule has 0 radical (unpaired) electrons. The quantitative estimate of drug-likeness (QED) is 0.922. The van der Waals surface area contributed by atoms with E-state index < -0.39 is 11.9 Å². The maximum atomic E-state index is 13.9. The number of methoxy groups -OCH3 is 1. The van der Waals surface area contributed by atoms with Crippen LogP contribution in [0.2, 0.25) is 10.0 Å². The van der Waals surface area contributed by atoms with Crippen molar-refractivity contribution in [3.05, 3.63) is 63.4 Å². The Morgan fingerprint density at radius 2 is 1.84 bits per heavy atom. The highest BCUT2D eigenvalue weighted by Crippen LogP contribution is 2.29. The third-order valence-electron chi connectivity index (χ3n) is 2.85. The molecule has 2 aromatic carbocycles. The highest BCUT2D eigenvalue weighted by atomic mass is 35.5. The van der Waals surface area contributed by atoms with Crippen molar-refractivity contribution in [2.75, 3.05) is 7.11 Å². The van der Waals surface area contributed by atoms with Gasteiger partial charge >= 0.3 is 0 Å². The molecule has 5 heteroatoms. The number of benzene rings is 2. The molecule has 0 amide bonds. The lowest BCUT2D eigenvalue weighted by Crippen LogP contribution is -2.13. The predicted octanol–water partition coefficient (Wildman–Crippen LogP) is 4.19. The summed E-state index contributed by atoms with van der Waals surface area (Å²) in [5.41, 5.74) is 7.11. The molecule has 100 valence electrons. The Balaban J connectivity index is 2.38. The molecule has 0 saturated heterocycles. The van der Waals surface area contributed by atoms with Crippen molar-refractivity contribution < 1.29 is 9.13 Å². The molecule has 0 aliphatic carbocycles. The number of ether oxygens (including phenoxy) is 1. The van der Waals surface area contributed by atoms with Crippen LogP contribution in [-0.4, -0.2) is 7.11 Å². The molecule has 2 rings (SSSR count). The van der Waals surface area contributed by atoms with E-state index in [1.807, 2.05) is 0 Å². The number of hydrogen-bond donors (Lipinski definition) is 1. The van der Waals surface area contributed by atoms with Gasteiger partial charge in [0.25, 0.3) is 0 Å². The summed E-state index contributed by atoms with van der Waals surface area (Å²) in [4.78, 5) is 0. The molecule has 0 bridgehead atoms. The van der Waals surface area contributed by atoms with E-state index in [1.165, 1.54) is 13.2 Å². The average molecular weight is 300 g/mol. The monoisotopic (exact) mass is 299 g/mol. The van der Waals surface area contributed by atoms with Crippen molar-refractivity contribution in [3.8, 4) is 5.75 Å². The molecular formula is C14H12Cl2FNO. The molecule has 0 aliphatic rings. The number of hydrogen-bond acceptors (Lipinski definition) is 2. The maximum absolute atomic E-state index is 13.9. The molecule has 1 atom stereocenters. The highest BCUT2D eigenvalue weighted by Gasteiger charge is 2.15. The van der Waals surface area contributed by atoms with Gasteiger partial charge in [0, 0.05) is 11.6 Å². The van der Waals surface area contributed by atoms with Crippen LogP contribution in [0.5, 0.6) is 5.75 Å². The number of rotatable bonds is 3. The Kier molecular flexibility index (Phi) is 4.30. The van der Waals surface area contributed by atoms with Crippen molar-refractivity contribution in [2.24, 2.45) is 5.73 Å². The van der Waals surface area contributed by atoms with E-state index in [0.717, 1.165) is 0 Å². The van der Waals surface area contributed by atoms with Crippen molar-refractivity contribution in [2.45, 2.75) is 6.04 Å². The molecule has 0 heterocycles. The zero-order valence-corrected chi connectivity index (χ0v) is 11.7. The second-order valence-electron chi connectivity index (χ2n) is 4.04. The fraction of sp³-hybridized carbons (Fsp3) is 0.143. The molecule has 2 aromatic rings. The summed E-state index contributed by atoms with van der Waals surface area (Å²) in [5.74, 6) is 0.0283.